The van der Waals surface area contributed by atoms with Gasteiger partial charge in [0, 0.05) is 43.9 Å². The van der Waals surface area contributed by atoms with E-state index >= 15 is 0 Å². The van der Waals surface area contributed by atoms with Crippen LogP contribution >= 0.6 is 0 Å². The predicted molar refractivity (Wildman–Crippen MR) is 122 cm³/mol. The topological polar surface area (TPSA) is 105 Å². The van der Waals surface area contributed by atoms with Gasteiger partial charge < -0.3 is 10.6 Å². The molecular weight excluding hydrogens is 408 g/mol. The van der Waals surface area contributed by atoms with Crippen LogP contribution in [-0.2, 0) is 17.9 Å². The monoisotopic (exact) mass is 438 g/mol. The fourth-order valence-corrected chi connectivity index (χ4v) is 4.23. The van der Waals surface area contributed by atoms with Crippen molar-refractivity contribution in [2.75, 3.05) is 19.6 Å². The van der Waals surface area contributed by atoms with Gasteiger partial charge in [-0.3, -0.25) is 24.6 Å². The van der Waals surface area contributed by atoms with Crippen LogP contribution in [0.5, 0.6) is 0 Å². The Morgan fingerprint density at radius 2 is 1.69 bits per heavy atom. The maximum Gasteiger partial charge on any atom is 0.270 e. The summed E-state index contributed by atoms with van der Waals surface area (Å²) in [5, 5.41) is 16.1. The number of hydrogen-bond donors (Lipinski definition) is 2. The zero-order valence-corrected chi connectivity index (χ0v) is 18.5. The van der Waals surface area contributed by atoms with Gasteiger partial charge in [-0.05, 0) is 35.4 Å². The third-order valence-electron chi connectivity index (χ3n) is 5.59. The van der Waals surface area contributed by atoms with E-state index in [4.69, 9.17) is 0 Å². The smallest absolute Gasteiger partial charge is 0.270 e. The molecule has 2 aromatic carbocycles. The highest BCUT2D eigenvalue weighted by atomic mass is 16.6. The van der Waals surface area contributed by atoms with Crippen molar-refractivity contribution < 1.29 is 14.5 Å². The Hall–Kier alpha value is -3.26. The van der Waals surface area contributed by atoms with Gasteiger partial charge in [-0.2, -0.15) is 0 Å². The molecule has 8 heteroatoms. The van der Waals surface area contributed by atoms with Crippen LogP contribution in [0.25, 0.3) is 0 Å². The summed E-state index contributed by atoms with van der Waals surface area (Å²) in [6.07, 6.45) is 1.29. The van der Waals surface area contributed by atoms with Crippen LogP contribution in [0, 0.1) is 22.0 Å². The Kier molecular flexibility index (Phi) is 7.94. The summed E-state index contributed by atoms with van der Waals surface area (Å²) in [5.74, 6) is 0.593. The highest BCUT2D eigenvalue weighted by Crippen LogP contribution is 2.22. The molecule has 1 saturated heterocycles. The van der Waals surface area contributed by atoms with E-state index in [0.717, 1.165) is 37.0 Å². The number of nitro groups is 1. The summed E-state index contributed by atoms with van der Waals surface area (Å²) in [5.41, 5.74) is 2.20. The van der Waals surface area contributed by atoms with E-state index in [1.165, 1.54) is 36.2 Å². The van der Waals surface area contributed by atoms with Gasteiger partial charge in [0.15, 0.2) is 0 Å². The minimum absolute atomic E-state index is 0.139. The molecule has 0 spiro atoms. The first-order valence-electron chi connectivity index (χ1n) is 10.9. The summed E-state index contributed by atoms with van der Waals surface area (Å²) in [6.45, 7) is 7.97. The van der Waals surface area contributed by atoms with Gasteiger partial charge in [-0.1, -0.05) is 44.2 Å². The second kappa shape index (κ2) is 10.9. The molecule has 2 unspecified atom stereocenters. The molecule has 2 amide bonds. The van der Waals surface area contributed by atoms with E-state index in [1.807, 2.05) is 12.1 Å². The molecule has 1 aliphatic rings. The van der Waals surface area contributed by atoms with Gasteiger partial charge in [0.1, 0.15) is 0 Å². The average molecular weight is 439 g/mol. The first-order valence-corrected chi connectivity index (χ1v) is 10.9. The van der Waals surface area contributed by atoms with E-state index in [2.05, 4.69) is 41.5 Å². The normalized spacial score (nSPS) is 18.7. The fourth-order valence-electron chi connectivity index (χ4n) is 4.23. The minimum Gasteiger partial charge on any atom is -0.350 e. The maximum absolute atomic E-state index is 12.1. The van der Waals surface area contributed by atoms with Gasteiger partial charge >= 0.3 is 0 Å². The molecule has 3 rings (SSSR count). The van der Waals surface area contributed by atoms with E-state index in [0.29, 0.717) is 6.54 Å². The number of amides is 2. The number of carbonyl (C=O) groups excluding carboxylic acids is 2. The van der Waals surface area contributed by atoms with Crippen molar-refractivity contribution >= 4 is 17.5 Å². The summed E-state index contributed by atoms with van der Waals surface area (Å²) in [4.78, 5) is 36.9. The molecule has 32 heavy (non-hydrogen) atoms. The van der Waals surface area contributed by atoms with E-state index in [-0.39, 0.29) is 23.7 Å². The summed E-state index contributed by atoms with van der Waals surface area (Å²) >= 11 is 0. The molecule has 2 aromatic rings. The fraction of sp³-hybridized carbons (Fsp3) is 0.417. The zero-order valence-electron chi connectivity index (χ0n) is 18.5. The van der Waals surface area contributed by atoms with Gasteiger partial charge in [0.05, 0.1) is 11.5 Å². The zero-order chi connectivity index (χ0) is 23.1. The van der Waals surface area contributed by atoms with Gasteiger partial charge in [0.2, 0.25) is 5.91 Å². The van der Waals surface area contributed by atoms with Crippen molar-refractivity contribution in [1.82, 2.24) is 15.5 Å². The molecule has 2 N–H and O–H groups in total. The number of non-ortho nitro benzene ring substituents is 1. The molecule has 0 saturated carbocycles. The molecule has 0 bridgehead atoms. The molecule has 0 radical (unpaired) electrons. The molecule has 1 fully saturated rings. The quantitative estimate of drug-likeness (QED) is 0.487. The predicted octanol–water partition coefficient (Wildman–Crippen LogP) is 3.12. The highest BCUT2D eigenvalue weighted by Gasteiger charge is 2.21. The third-order valence-corrected chi connectivity index (χ3v) is 5.59. The summed E-state index contributed by atoms with van der Waals surface area (Å²) in [7, 11) is 0. The Bertz CT molecular complexity index is 951. The molecule has 1 aliphatic heterocycles. The van der Waals surface area contributed by atoms with Crippen LogP contribution in [0.2, 0.25) is 0 Å². The Labute approximate surface area is 188 Å². The van der Waals surface area contributed by atoms with Crippen LogP contribution in [0.15, 0.2) is 48.5 Å². The number of nitrogens with zero attached hydrogens (tertiary/aromatic N) is 2. The van der Waals surface area contributed by atoms with Crippen molar-refractivity contribution in [3.63, 3.8) is 0 Å². The second-order valence-corrected chi connectivity index (χ2v) is 8.72. The highest BCUT2D eigenvalue weighted by molar-refractivity contribution is 5.96. The first-order chi connectivity index (χ1) is 15.3. The lowest BCUT2D eigenvalue weighted by atomic mass is 9.91. The van der Waals surface area contributed by atoms with Crippen molar-refractivity contribution in [2.24, 2.45) is 11.8 Å². The number of likely N-dealkylation sites (tertiary alicyclic amines) is 1. The standard InChI is InChI=1S/C24H30N4O4/c1-17-10-18(2)15-27(14-17)16-20-8-6-19(7-9-20)12-25-23(29)13-26-24(30)21-4-3-5-22(11-21)28(31)32/h3-9,11,17-18H,10,12-16H2,1-2H3,(H,25,29)(H,26,30). The molecule has 2 atom stereocenters. The van der Waals surface area contributed by atoms with Crippen molar-refractivity contribution in [2.45, 2.75) is 33.4 Å². The van der Waals surface area contributed by atoms with Crippen LogP contribution in [0.1, 0.15) is 41.8 Å². The molecule has 0 aliphatic carbocycles. The molecule has 1 heterocycles. The second-order valence-electron chi connectivity index (χ2n) is 8.72. The largest absolute Gasteiger partial charge is 0.350 e. The summed E-state index contributed by atoms with van der Waals surface area (Å²) in [6, 6.07) is 13.6. The molecule has 8 nitrogen and oxygen atoms in total. The van der Waals surface area contributed by atoms with Gasteiger partial charge in [0.25, 0.3) is 11.6 Å². The number of nitro benzene ring substituents is 1. The van der Waals surface area contributed by atoms with Gasteiger partial charge in [-0.25, -0.2) is 0 Å². The first kappa shape index (κ1) is 23.4. The lowest BCUT2D eigenvalue weighted by Gasteiger charge is -2.35. The van der Waals surface area contributed by atoms with E-state index in [9.17, 15) is 19.7 Å². The maximum atomic E-state index is 12.1. The van der Waals surface area contributed by atoms with Crippen molar-refractivity contribution in [3.05, 3.63) is 75.3 Å². The molecular formula is C24H30N4O4. The average Bonchev–Trinajstić information content (AvgIpc) is 2.76. The SMILES string of the molecule is CC1CC(C)CN(Cc2ccc(CNC(=O)CNC(=O)c3cccc([N+](=O)[O-])c3)cc2)C1. The van der Waals surface area contributed by atoms with Crippen LogP contribution in [0.3, 0.4) is 0 Å². The van der Waals surface area contributed by atoms with E-state index < -0.39 is 10.8 Å². The van der Waals surface area contributed by atoms with Crippen LogP contribution < -0.4 is 10.6 Å². The Balaban J connectivity index is 1.42. The van der Waals surface area contributed by atoms with Crippen LogP contribution in [0.4, 0.5) is 5.69 Å². The number of hydrogen-bond acceptors (Lipinski definition) is 5. The summed E-state index contributed by atoms with van der Waals surface area (Å²) < 4.78 is 0. The number of rotatable bonds is 8. The molecule has 0 aromatic heterocycles. The van der Waals surface area contributed by atoms with Crippen molar-refractivity contribution in [3.8, 4) is 0 Å². The number of nitrogens with one attached hydrogen (secondary N) is 2. The third kappa shape index (κ3) is 6.88. The Morgan fingerprint density at radius 1 is 1.03 bits per heavy atom. The lowest BCUT2D eigenvalue weighted by Crippen LogP contribution is -2.38. The number of carbonyl (C=O) groups is 2. The lowest BCUT2D eigenvalue weighted by molar-refractivity contribution is -0.384. The number of benzene rings is 2. The van der Waals surface area contributed by atoms with Crippen LogP contribution in [-0.4, -0.2) is 41.3 Å². The van der Waals surface area contributed by atoms with E-state index in [1.54, 1.807) is 0 Å². The Morgan fingerprint density at radius 3 is 2.34 bits per heavy atom. The van der Waals surface area contributed by atoms with Crippen molar-refractivity contribution in [1.29, 1.82) is 0 Å². The van der Waals surface area contributed by atoms with Gasteiger partial charge in [-0.15, -0.1) is 0 Å². The minimum atomic E-state index is -0.567. The number of piperidine rings is 1. The molecule has 170 valence electrons.